The van der Waals surface area contributed by atoms with E-state index in [1.807, 2.05) is 41.3 Å². The fraction of sp³-hybridized carbons (Fsp3) is 0.320. The summed E-state index contributed by atoms with van der Waals surface area (Å²) in [6.07, 6.45) is 0. The fourth-order valence-corrected chi connectivity index (χ4v) is 3.69. The largest absolute Gasteiger partial charge is 0.497 e. The first-order valence-corrected chi connectivity index (χ1v) is 10.6. The molecule has 0 radical (unpaired) electrons. The van der Waals surface area contributed by atoms with E-state index < -0.39 is 0 Å². The Morgan fingerprint density at radius 1 is 0.875 bits per heavy atom. The number of piperazine rings is 1. The second kappa shape index (κ2) is 10.2. The Bertz CT molecular complexity index is 1020. The maximum atomic E-state index is 12.8. The highest BCUT2D eigenvalue weighted by Gasteiger charge is 2.24. The molecule has 168 valence electrons. The van der Waals surface area contributed by atoms with E-state index in [1.54, 1.807) is 26.4 Å². The third-order valence-electron chi connectivity index (χ3n) is 5.51. The predicted molar refractivity (Wildman–Crippen MR) is 120 cm³/mol. The van der Waals surface area contributed by atoms with Crippen LogP contribution in [0.5, 0.6) is 17.2 Å². The van der Waals surface area contributed by atoms with Gasteiger partial charge in [-0.05, 0) is 54.1 Å². The molecule has 0 bridgehead atoms. The van der Waals surface area contributed by atoms with Gasteiger partial charge in [-0.1, -0.05) is 12.1 Å². The van der Waals surface area contributed by atoms with Crippen molar-refractivity contribution in [2.75, 3.05) is 40.4 Å². The summed E-state index contributed by atoms with van der Waals surface area (Å²) in [5, 5.41) is 0. The van der Waals surface area contributed by atoms with Gasteiger partial charge in [0, 0.05) is 32.7 Å². The summed E-state index contributed by atoms with van der Waals surface area (Å²) in [7, 11) is 3.30. The summed E-state index contributed by atoms with van der Waals surface area (Å²) in [5.41, 5.74) is 1.21. The van der Waals surface area contributed by atoms with E-state index >= 15 is 0 Å². The summed E-state index contributed by atoms with van der Waals surface area (Å²) in [4.78, 5) is 17.0. The summed E-state index contributed by atoms with van der Waals surface area (Å²) in [6, 6.07) is 18.9. The smallest absolute Gasteiger partial charge is 0.289 e. The van der Waals surface area contributed by atoms with Crippen LogP contribution in [-0.4, -0.2) is 56.1 Å². The zero-order valence-electron chi connectivity index (χ0n) is 18.5. The second-order valence-corrected chi connectivity index (χ2v) is 7.65. The number of methoxy groups -OCH3 is 2. The highest BCUT2D eigenvalue weighted by Crippen LogP contribution is 2.20. The van der Waals surface area contributed by atoms with Gasteiger partial charge in [0.2, 0.25) is 0 Å². The second-order valence-electron chi connectivity index (χ2n) is 7.65. The van der Waals surface area contributed by atoms with Crippen LogP contribution in [0.3, 0.4) is 0 Å². The number of nitrogens with zero attached hydrogens (tertiary/aromatic N) is 2. The number of hydrogen-bond acceptors (Lipinski definition) is 6. The maximum Gasteiger partial charge on any atom is 0.289 e. The minimum atomic E-state index is -0.0817. The van der Waals surface area contributed by atoms with Crippen molar-refractivity contribution in [3.8, 4) is 17.2 Å². The molecule has 7 nitrogen and oxygen atoms in total. The molecule has 2 aromatic carbocycles. The number of furan rings is 1. The average molecular weight is 437 g/mol. The van der Waals surface area contributed by atoms with Crippen molar-refractivity contribution in [1.82, 2.24) is 9.80 Å². The van der Waals surface area contributed by atoms with E-state index in [4.69, 9.17) is 18.6 Å². The molecule has 1 aromatic heterocycles. The van der Waals surface area contributed by atoms with E-state index in [0.29, 0.717) is 30.4 Å². The summed E-state index contributed by atoms with van der Waals surface area (Å²) in [5.74, 6) is 3.22. The van der Waals surface area contributed by atoms with Gasteiger partial charge in [-0.25, -0.2) is 0 Å². The van der Waals surface area contributed by atoms with Crippen LogP contribution in [0.4, 0.5) is 0 Å². The van der Waals surface area contributed by atoms with Crippen LogP contribution < -0.4 is 14.2 Å². The van der Waals surface area contributed by atoms with Crippen molar-refractivity contribution in [2.45, 2.75) is 13.2 Å². The highest BCUT2D eigenvalue weighted by atomic mass is 16.5. The molecule has 0 aliphatic carbocycles. The molecule has 3 aromatic rings. The molecule has 0 N–H and O–H groups in total. The van der Waals surface area contributed by atoms with Crippen molar-refractivity contribution in [1.29, 1.82) is 0 Å². The zero-order chi connectivity index (χ0) is 22.3. The Balaban J connectivity index is 1.26. The van der Waals surface area contributed by atoms with E-state index in [-0.39, 0.29) is 12.5 Å². The number of hydrogen-bond donors (Lipinski definition) is 0. The minimum Gasteiger partial charge on any atom is -0.497 e. The van der Waals surface area contributed by atoms with Gasteiger partial charge < -0.3 is 23.5 Å². The van der Waals surface area contributed by atoms with Crippen LogP contribution in [0, 0.1) is 0 Å². The van der Waals surface area contributed by atoms with Crippen LogP contribution >= 0.6 is 0 Å². The average Bonchev–Trinajstić information content (AvgIpc) is 3.32. The standard InChI is InChI=1S/C25H28N2O5/c1-29-20-6-8-21(9-7-20)31-18-23-10-11-24(32-23)25(28)27-14-12-26(13-15-27)17-19-4-3-5-22(16-19)30-2/h3-11,16H,12-15,17-18H2,1-2H3. The normalized spacial score (nSPS) is 14.2. The van der Waals surface area contributed by atoms with Gasteiger partial charge in [-0.3, -0.25) is 9.69 Å². The first-order chi connectivity index (χ1) is 15.6. The van der Waals surface area contributed by atoms with Crippen molar-refractivity contribution in [3.63, 3.8) is 0 Å². The van der Waals surface area contributed by atoms with E-state index in [1.165, 1.54) is 5.56 Å². The number of ether oxygens (including phenoxy) is 3. The lowest BCUT2D eigenvalue weighted by Gasteiger charge is -2.34. The summed E-state index contributed by atoms with van der Waals surface area (Å²) >= 11 is 0. The molecule has 0 atom stereocenters. The Labute approximate surface area is 188 Å². The lowest BCUT2D eigenvalue weighted by Crippen LogP contribution is -2.48. The molecular weight excluding hydrogens is 408 g/mol. The molecule has 1 aliphatic rings. The number of rotatable bonds is 8. The van der Waals surface area contributed by atoms with Gasteiger partial charge in [-0.2, -0.15) is 0 Å². The van der Waals surface area contributed by atoms with Crippen LogP contribution in [0.25, 0.3) is 0 Å². The van der Waals surface area contributed by atoms with Crippen LogP contribution in [-0.2, 0) is 13.2 Å². The Morgan fingerprint density at radius 3 is 2.31 bits per heavy atom. The van der Waals surface area contributed by atoms with Gasteiger partial charge in [0.25, 0.3) is 5.91 Å². The molecule has 32 heavy (non-hydrogen) atoms. The molecule has 0 saturated carbocycles. The van der Waals surface area contributed by atoms with Gasteiger partial charge in [0.05, 0.1) is 14.2 Å². The summed E-state index contributed by atoms with van der Waals surface area (Å²) < 4.78 is 21.9. The highest BCUT2D eigenvalue weighted by molar-refractivity contribution is 5.91. The summed E-state index contributed by atoms with van der Waals surface area (Å²) in [6.45, 7) is 4.07. The molecular formula is C25H28N2O5. The van der Waals surface area contributed by atoms with E-state index in [0.717, 1.165) is 31.1 Å². The number of carbonyl (C=O) groups is 1. The third-order valence-corrected chi connectivity index (χ3v) is 5.51. The molecule has 4 rings (SSSR count). The molecule has 1 amide bonds. The van der Waals surface area contributed by atoms with Crippen molar-refractivity contribution in [2.24, 2.45) is 0 Å². The third kappa shape index (κ3) is 5.42. The molecule has 1 fully saturated rings. The van der Waals surface area contributed by atoms with Crippen LogP contribution in [0.15, 0.2) is 65.1 Å². The Kier molecular flexibility index (Phi) is 6.97. The predicted octanol–water partition coefficient (Wildman–Crippen LogP) is 3.83. The first-order valence-electron chi connectivity index (χ1n) is 10.6. The Morgan fingerprint density at radius 2 is 1.59 bits per heavy atom. The van der Waals surface area contributed by atoms with Crippen LogP contribution in [0.2, 0.25) is 0 Å². The molecule has 0 unspecified atom stereocenters. The maximum absolute atomic E-state index is 12.8. The zero-order valence-corrected chi connectivity index (χ0v) is 18.5. The fourth-order valence-electron chi connectivity index (χ4n) is 3.69. The van der Waals surface area contributed by atoms with Gasteiger partial charge in [0.1, 0.15) is 29.6 Å². The number of carbonyl (C=O) groups excluding carboxylic acids is 1. The number of amides is 1. The molecule has 7 heteroatoms. The van der Waals surface area contributed by atoms with Gasteiger partial charge >= 0.3 is 0 Å². The number of benzene rings is 2. The van der Waals surface area contributed by atoms with Gasteiger partial charge in [-0.15, -0.1) is 0 Å². The van der Waals surface area contributed by atoms with Crippen molar-refractivity contribution >= 4 is 5.91 Å². The van der Waals surface area contributed by atoms with E-state index in [9.17, 15) is 4.79 Å². The molecule has 1 saturated heterocycles. The van der Waals surface area contributed by atoms with Gasteiger partial charge in [0.15, 0.2) is 5.76 Å². The van der Waals surface area contributed by atoms with Crippen molar-refractivity contribution < 1.29 is 23.4 Å². The first kappa shape index (κ1) is 21.8. The van der Waals surface area contributed by atoms with Crippen LogP contribution in [0.1, 0.15) is 21.9 Å². The molecule has 0 spiro atoms. The quantitative estimate of drug-likeness (QED) is 0.535. The van der Waals surface area contributed by atoms with E-state index in [2.05, 4.69) is 17.0 Å². The molecule has 2 heterocycles. The lowest BCUT2D eigenvalue weighted by atomic mass is 10.2. The SMILES string of the molecule is COc1ccc(OCc2ccc(C(=O)N3CCN(Cc4cccc(OC)c4)CC3)o2)cc1. The molecule has 1 aliphatic heterocycles. The Hall–Kier alpha value is -3.45. The monoisotopic (exact) mass is 436 g/mol. The van der Waals surface area contributed by atoms with Crippen molar-refractivity contribution in [3.05, 3.63) is 77.7 Å². The lowest BCUT2D eigenvalue weighted by molar-refractivity contribution is 0.0594. The topological polar surface area (TPSA) is 64.4 Å². The minimum absolute atomic E-state index is 0.0817.